The fourth-order valence-corrected chi connectivity index (χ4v) is 3.36. The summed E-state index contributed by atoms with van der Waals surface area (Å²) in [5.74, 6) is 0.631. The van der Waals surface area contributed by atoms with E-state index in [0.29, 0.717) is 24.4 Å². The van der Waals surface area contributed by atoms with Gasteiger partial charge in [0.2, 0.25) is 10.0 Å². The summed E-state index contributed by atoms with van der Waals surface area (Å²) in [6.45, 7) is 6.70. The number of benzene rings is 2. The zero-order valence-corrected chi connectivity index (χ0v) is 16.0. The fraction of sp³-hybridized carbons (Fsp3) is 0.316. The summed E-state index contributed by atoms with van der Waals surface area (Å²) in [4.78, 5) is 12.4. The lowest BCUT2D eigenvalue weighted by Gasteiger charge is -2.10. The molecule has 26 heavy (non-hydrogen) atoms. The lowest BCUT2D eigenvalue weighted by Crippen LogP contribution is -2.27. The Labute approximate surface area is 154 Å². The SMILES string of the molecule is CCOc1ccc(NC(=O)c2ccc(S(=O)(=O)NCC(C)C)cc2)cc1. The number of nitrogens with one attached hydrogen (secondary N) is 2. The van der Waals surface area contributed by atoms with Crippen LogP contribution in [0.5, 0.6) is 5.75 Å². The smallest absolute Gasteiger partial charge is 0.255 e. The number of anilines is 1. The summed E-state index contributed by atoms with van der Waals surface area (Å²) < 4.78 is 32.2. The first kappa shape index (κ1) is 19.9. The average Bonchev–Trinajstić information content (AvgIpc) is 2.62. The first-order chi connectivity index (χ1) is 12.3. The van der Waals surface area contributed by atoms with Crippen LogP contribution in [0.25, 0.3) is 0 Å². The molecule has 0 unspecified atom stereocenters. The maximum absolute atomic E-state index is 12.3. The van der Waals surface area contributed by atoms with Crippen LogP contribution in [0.4, 0.5) is 5.69 Å². The Bertz CT molecular complexity index is 829. The van der Waals surface area contributed by atoms with E-state index in [1.165, 1.54) is 24.3 Å². The van der Waals surface area contributed by atoms with Crippen LogP contribution in [0.2, 0.25) is 0 Å². The molecular weight excluding hydrogens is 352 g/mol. The standard InChI is InChI=1S/C19H24N2O4S/c1-4-25-17-9-7-16(8-10-17)21-19(22)15-5-11-18(12-6-15)26(23,24)20-13-14(2)3/h5-12,14,20H,4,13H2,1-3H3,(H,21,22). The van der Waals surface area contributed by atoms with E-state index in [1.807, 2.05) is 20.8 Å². The van der Waals surface area contributed by atoms with Gasteiger partial charge in [0.15, 0.2) is 0 Å². The molecule has 0 aliphatic carbocycles. The van der Waals surface area contributed by atoms with Gasteiger partial charge in [-0.15, -0.1) is 0 Å². The van der Waals surface area contributed by atoms with Gasteiger partial charge in [-0.1, -0.05) is 13.8 Å². The summed E-state index contributed by atoms with van der Waals surface area (Å²) >= 11 is 0. The van der Waals surface area contributed by atoms with Crippen molar-refractivity contribution in [2.45, 2.75) is 25.7 Å². The molecule has 2 rings (SSSR count). The number of hydrogen-bond donors (Lipinski definition) is 2. The Morgan fingerprint density at radius 2 is 1.65 bits per heavy atom. The van der Waals surface area contributed by atoms with Crippen LogP contribution in [-0.2, 0) is 10.0 Å². The van der Waals surface area contributed by atoms with Gasteiger partial charge in [-0.3, -0.25) is 4.79 Å². The van der Waals surface area contributed by atoms with E-state index in [0.717, 1.165) is 5.75 Å². The third-order valence-corrected chi connectivity index (χ3v) is 4.97. The first-order valence-corrected chi connectivity index (χ1v) is 9.94. The molecule has 0 radical (unpaired) electrons. The Balaban J connectivity index is 2.04. The molecule has 0 spiro atoms. The van der Waals surface area contributed by atoms with Crippen molar-refractivity contribution in [3.63, 3.8) is 0 Å². The molecule has 1 amide bonds. The van der Waals surface area contributed by atoms with E-state index in [9.17, 15) is 13.2 Å². The Morgan fingerprint density at radius 3 is 2.19 bits per heavy atom. The van der Waals surface area contributed by atoms with Gasteiger partial charge in [0.05, 0.1) is 11.5 Å². The quantitative estimate of drug-likeness (QED) is 0.740. The van der Waals surface area contributed by atoms with Gasteiger partial charge in [-0.25, -0.2) is 13.1 Å². The number of ether oxygens (including phenoxy) is 1. The average molecular weight is 376 g/mol. The summed E-state index contributed by atoms with van der Waals surface area (Å²) in [6.07, 6.45) is 0. The highest BCUT2D eigenvalue weighted by molar-refractivity contribution is 7.89. The number of carbonyl (C=O) groups excluding carboxylic acids is 1. The maximum atomic E-state index is 12.3. The minimum atomic E-state index is -3.56. The highest BCUT2D eigenvalue weighted by atomic mass is 32.2. The van der Waals surface area contributed by atoms with Crippen molar-refractivity contribution in [3.8, 4) is 5.75 Å². The molecular formula is C19H24N2O4S. The van der Waals surface area contributed by atoms with Gasteiger partial charge in [-0.2, -0.15) is 0 Å². The summed E-state index contributed by atoms with van der Waals surface area (Å²) in [7, 11) is -3.56. The van der Waals surface area contributed by atoms with Crippen molar-refractivity contribution in [1.29, 1.82) is 0 Å². The molecule has 0 bridgehead atoms. The maximum Gasteiger partial charge on any atom is 0.255 e. The van der Waals surface area contributed by atoms with E-state index >= 15 is 0 Å². The van der Waals surface area contributed by atoms with Crippen molar-refractivity contribution in [1.82, 2.24) is 4.72 Å². The second kappa shape index (κ2) is 8.82. The third kappa shape index (κ3) is 5.57. The summed E-state index contributed by atoms with van der Waals surface area (Å²) in [6, 6.07) is 12.9. The molecule has 0 aliphatic rings. The second-order valence-corrected chi connectivity index (χ2v) is 7.95. The van der Waals surface area contributed by atoms with Gasteiger partial charge in [-0.05, 0) is 61.4 Å². The molecule has 0 atom stereocenters. The molecule has 0 aliphatic heterocycles. The van der Waals surface area contributed by atoms with Crippen LogP contribution >= 0.6 is 0 Å². The van der Waals surface area contributed by atoms with Crippen molar-refractivity contribution in [2.75, 3.05) is 18.5 Å². The molecule has 0 heterocycles. The number of carbonyl (C=O) groups is 1. The Morgan fingerprint density at radius 1 is 1.04 bits per heavy atom. The number of hydrogen-bond acceptors (Lipinski definition) is 4. The molecule has 2 aromatic carbocycles. The minimum Gasteiger partial charge on any atom is -0.494 e. The normalized spacial score (nSPS) is 11.4. The monoisotopic (exact) mass is 376 g/mol. The van der Waals surface area contributed by atoms with Crippen LogP contribution < -0.4 is 14.8 Å². The molecule has 7 heteroatoms. The Hall–Kier alpha value is -2.38. The van der Waals surface area contributed by atoms with E-state index in [-0.39, 0.29) is 16.7 Å². The molecule has 6 nitrogen and oxygen atoms in total. The molecule has 0 saturated heterocycles. The molecule has 0 fully saturated rings. The van der Waals surface area contributed by atoms with Gasteiger partial charge >= 0.3 is 0 Å². The van der Waals surface area contributed by atoms with Crippen LogP contribution in [-0.4, -0.2) is 27.5 Å². The highest BCUT2D eigenvalue weighted by Gasteiger charge is 2.15. The van der Waals surface area contributed by atoms with E-state index in [1.54, 1.807) is 24.3 Å². The van der Waals surface area contributed by atoms with Gasteiger partial charge in [0.25, 0.3) is 5.91 Å². The summed E-state index contributed by atoms with van der Waals surface area (Å²) in [5.41, 5.74) is 1.01. The van der Waals surface area contributed by atoms with E-state index in [4.69, 9.17) is 4.74 Å². The topological polar surface area (TPSA) is 84.5 Å². The zero-order valence-electron chi connectivity index (χ0n) is 15.2. The predicted octanol–water partition coefficient (Wildman–Crippen LogP) is 3.27. The third-order valence-electron chi connectivity index (χ3n) is 3.53. The molecule has 140 valence electrons. The van der Waals surface area contributed by atoms with Gasteiger partial charge in [0, 0.05) is 17.8 Å². The lowest BCUT2D eigenvalue weighted by atomic mass is 10.2. The van der Waals surface area contributed by atoms with Gasteiger partial charge in [0.1, 0.15) is 5.75 Å². The number of sulfonamides is 1. The van der Waals surface area contributed by atoms with E-state index in [2.05, 4.69) is 10.0 Å². The van der Waals surface area contributed by atoms with Crippen LogP contribution in [0.3, 0.4) is 0 Å². The second-order valence-electron chi connectivity index (χ2n) is 6.18. The largest absolute Gasteiger partial charge is 0.494 e. The minimum absolute atomic E-state index is 0.135. The molecule has 2 N–H and O–H groups in total. The van der Waals surface area contributed by atoms with Gasteiger partial charge < -0.3 is 10.1 Å². The fourth-order valence-electron chi connectivity index (χ4n) is 2.15. The van der Waals surface area contributed by atoms with Crippen LogP contribution in [0.1, 0.15) is 31.1 Å². The van der Waals surface area contributed by atoms with E-state index < -0.39 is 10.0 Å². The van der Waals surface area contributed by atoms with Crippen molar-refractivity contribution < 1.29 is 17.9 Å². The van der Waals surface area contributed by atoms with Crippen LogP contribution in [0.15, 0.2) is 53.4 Å². The van der Waals surface area contributed by atoms with Crippen molar-refractivity contribution in [2.24, 2.45) is 5.92 Å². The van der Waals surface area contributed by atoms with Crippen molar-refractivity contribution in [3.05, 3.63) is 54.1 Å². The zero-order chi connectivity index (χ0) is 19.2. The van der Waals surface area contributed by atoms with Crippen molar-refractivity contribution >= 4 is 21.6 Å². The highest BCUT2D eigenvalue weighted by Crippen LogP contribution is 2.17. The Kier molecular flexibility index (Phi) is 6.76. The lowest BCUT2D eigenvalue weighted by molar-refractivity contribution is 0.102. The molecule has 0 saturated carbocycles. The summed E-state index contributed by atoms with van der Waals surface area (Å²) in [5, 5.41) is 2.77. The first-order valence-electron chi connectivity index (χ1n) is 8.45. The van der Waals surface area contributed by atoms with Crippen LogP contribution in [0, 0.1) is 5.92 Å². The predicted molar refractivity (Wildman–Crippen MR) is 102 cm³/mol. The molecule has 2 aromatic rings. The molecule has 0 aromatic heterocycles. The number of amides is 1. The number of rotatable bonds is 8.